The summed E-state index contributed by atoms with van der Waals surface area (Å²) in [7, 11) is 0. The molecule has 2 N–H and O–H groups in total. The lowest BCUT2D eigenvalue weighted by Gasteiger charge is -2.11. The number of aromatic nitrogens is 2. The molecular weight excluding hydrogens is 226 g/mol. The number of nitro groups is 1. The monoisotopic (exact) mass is 237 g/mol. The van der Waals surface area contributed by atoms with Crippen molar-refractivity contribution < 1.29 is 9.72 Å². The number of nitrogens with zero attached hydrogens (tertiary/aromatic N) is 3. The first-order chi connectivity index (χ1) is 8.10. The molecule has 1 unspecified atom stereocenters. The van der Waals surface area contributed by atoms with Crippen LogP contribution in [0.2, 0.25) is 0 Å². The van der Waals surface area contributed by atoms with Crippen LogP contribution >= 0.6 is 0 Å². The number of H-pyrrole nitrogens is 1. The molecule has 1 rings (SSSR count). The summed E-state index contributed by atoms with van der Waals surface area (Å²) in [4.78, 5) is 21.6. The second-order valence-electron chi connectivity index (χ2n) is 3.33. The van der Waals surface area contributed by atoms with Gasteiger partial charge < -0.3 is 5.32 Å². The van der Waals surface area contributed by atoms with Crippen molar-refractivity contribution in [2.24, 2.45) is 0 Å². The lowest BCUT2D eigenvalue weighted by Crippen LogP contribution is -2.34. The highest BCUT2D eigenvalue weighted by Crippen LogP contribution is 2.14. The first-order valence-electron chi connectivity index (χ1n) is 4.95. The summed E-state index contributed by atoms with van der Waals surface area (Å²) >= 11 is 0. The van der Waals surface area contributed by atoms with E-state index in [-0.39, 0.29) is 23.8 Å². The van der Waals surface area contributed by atoms with Gasteiger partial charge in [0.2, 0.25) is 5.69 Å². The van der Waals surface area contributed by atoms with E-state index in [1.807, 2.05) is 13.0 Å². The molecule has 0 bridgehead atoms. The molecule has 0 spiro atoms. The van der Waals surface area contributed by atoms with E-state index >= 15 is 0 Å². The summed E-state index contributed by atoms with van der Waals surface area (Å²) in [5.74, 6) is -0.628. The van der Waals surface area contributed by atoms with E-state index < -0.39 is 10.8 Å². The van der Waals surface area contributed by atoms with E-state index in [9.17, 15) is 14.9 Å². The zero-order valence-corrected chi connectivity index (χ0v) is 9.14. The van der Waals surface area contributed by atoms with E-state index in [1.54, 1.807) is 0 Å². The van der Waals surface area contributed by atoms with E-state index in [2.05, 4.69) is 15.5 Å². The van der Waals surface area contributed by atoms with Crippen LogP contribution in [-0.4, -0.2) is 27.1 Å². The Balaban J connectivity index is 2.79. The molecule has 0 fully saturated rings. The summed E-state index contributed by atoms with van der Waals surface area (Å²) in [5.41, 5.74) is -0.583. The third kappa shape index (κ3) is 3.01. The molecule has 8 nitrogen and oxygen atoms in total. The molecular formula is C9H11N5O3. The highest BCUT2D eigenvalue weighted by Gasteiger charge is 2.24. The quantitative estimate of drug-likeness (QED) is 0.577. The molecule has 0 radical (unpaired) electrons. The van der Waals surface area contributed by atoms with Crippen LogP contribution in [0, 0.1) is 21.4 Å². The number of amides is 1. The molecule has 8 heteroatoms. The number of rotatable bonds is 5. The molecule has 1 heterocycles. The summed E-state index contributed by atoms with van der Waals surface area (Å²) in [6.07, 6.45) is 1.70. The third-order valence-electron chi connectivity index (χ3n) is 2.21. The van der Waals surface area contributed by atoms with Gasteiger partial charge >= 0.3 is 5.69 Å². The third-order valence-corrected chi connectivity index (χ3v) is 2.21. The Kier molecular flexibility index (Phi) is 4.16. The van der Waals surface area contributed by atoms with E-state index in [0.29, 0.717) is 6.42 Å². The molecule has 90 valence electrons. The fraction of sp³-hybridized carbons (Fsp3) is 0.444. The van der Waals surface area contributed by atoms with Crippen LogP contribution in [0.25, 0.3) is 0 Å². The summed E-state index contributed by atoms with van der Waals surface area (Å²) in [6, 6.07) is 1.61. The standard InChI is InChI=1S/C9H11N5O3/c1-2-6(3-4-10)12-9(15)8-7(14(16)17)5-11-13-8/h5-6H,2-3H2,1H3,(H,11,13)(H,12,15). The molecule has 17 heavy (non-hydrogen) atoms. The summed E-state index contributed by atoms with van der Waals surface area (Å²) in [5, 5.41) is 27.4. The van der Waals surface area contributed by atoms with Gasteiger partial charge in [-0.05, 0) is 6.42 Å². The van der Waals surface area contributed by atoms with Gasteiger partial charge in [-0.1, -0.05) is 6.92 Å². The van der Waals surface area contributed by atoms with Crippen molar-refractivity contribution >= 4 is 11.6 Å². The SMILES string of the molecule is CCC(CC#N)NC(=O)c1[nH]ncc1[N+](=O)[O-]. The van der Waals surface area contributed by atoms with E-state index in [4.69, 9.17) is 5.26 Å². The molecule has 0 aromatic carbocycles. The Morgan fingerprint density at radius 3 is 3.06 bits per heavy atom. The summed E-state index contributed by atoms with van der Waals surface area (Å²) < 4.78 is 0. The minimum Gasteiger partial charge on any atom is -0.347 e. The molecule has 1 aromatic heterocycles. The molecule has 0 saturated heterocycles. The maximum absolute atomic E-state index is 11.7. The molecule has 1 aromatic rings. The van der Waals surface area contributed by atoms with Crippen molar-refractivity contribution in [2.75, 3.05) is 0 Å². The fourth-order valence-corrected chi connectivity index (χ4v) is 1.25. The Bertz CT molecular complexity index is 461. The number of hydrogen-bond acceptors (Lipinski definition) is 5. The zero-order chi connectivity index (χ0) is 12.8. The maximum atomic E-state index is 11.7. The van der Waals surface area contributed by atoms with Gasteiger partial charge in [0.05, 0.1) is 17.4 Å². The topological polar surface area (TPSA) is 125 Å². The van der Waals surface area contributed by atoms with Gasteiger partial charge in [-0.25, -0.2) is 0 Å². The van der Waals surface area contributed by atoms with Gasteiger partial charge in [0.25, 0.3) is 5.91 Å². The Hall–Kier alpha value is -2.43. The Morgan fingerprint density at radius 2 is 2.53 bits per heavy atom. The largest absolute Gasteiger partial charge is 0.347 e. The average Bonchev–Trinajstić information content (AvgIpc) is 2.77. The molecule has 0 aliphatic heterocycles. The second-order valence-corrected chi connectivity index (χ2v) is 3.33. The molecule has 1 amide bonds. The molecule has 0 aliphatic carbocycles. The number of carbonyl (C=O) groups is 1. The van der Waals surface area contributed by atoms with Gasteiger partial charge in [0, 0.05) is 6.04 Å². The van der Waals surface area contributed by atoms with Crippen LogP contribution < -0.4 is 5.32 Å². The lowest BCUT2D eigenvalue weighted by atomic mass is 10.1. The van der Waals surface area contributed by atoms with Gasteiger partial charge in [0.1, 0.15) is 6.20 Å². The van der Waals surface area contributed by atoms with Crippen molar-refractivity contribution in [2.45, 2.75) is 25.8 Å². The first kappa shape index (κ1) is 12.6. The number of nitriles is 1. The van der Waals surface area contributed by atoms with Crippen LogP contribution in [-0.2, 0) is 0 Å². The predicted octanol–water partition coefficient (Wildman–Crippen LogP) is 0.740. The van der Waals surface area contributed by atoms with Crippen molar-refractivity contribution in [3.63, 3.8) is 0 Å². The Labute approximate surface area is 96.8 Å². The number of hydrogen-bond donors (Lipinski definition) is 2. The number of carbonyl (C=O) groups excluding carboxylic acids is 1. The number of aromatic amines is 1. The summed E-state index contributed by atoms with van der Waals surface area (Å²) in [6.45, 7) is 1.81. The highest BCUT2D eigenvalue weighted by molar-refractivity contribution is 5.96. The zero-order valence-electron chi connectivity index (χ0n) is 9.14. The Morgan fingerprint density at radius 1 is 1.82 bits per heavy atom. The second kappa shape index (κ2) is 5.60. The van der Waals surface area contributed by atoms with Crippen molar-refractivity contribution in [3.8, 4) is 6.07 Å². The van der Waals surface area contributed by atoms with Gasteiger partial charge in [-0.15, -0.1) is 0 Å². The molecule has 0 aliphatic rings. The first-order valence-corrected chi connectivity index (χ1v) is 4.95. The van der Waals surface area contributed by atoms with E-state index in [0.717, 1.165) is 6.20 Å². The smallest absolute Gasteiger partial charge is 0.319 e. The normalized spacial score (nSPS) is 11.5. The minimum absolute atomic E-state index is 0.157. The van der Waals surface area contributed by atoms with Crippen molar-refractivity contribution in [1.29, 1.82) is 5.26 Å². The van der Waals surface area contributed by atoms with Crippen LogP contribution in [0.1, 0.15) is 30.3 Å². The fourth-order valence-electron chi connectivity index (χ4n) is 1.25. The van der Waals surface area contributed by atoms with Gasteiger partial charge in [-0.3, -0.25) is 20.0 Å². The van der Waals surface area contributed by atoms with Crippen LogP contribution in [0.15, 0.2) is 6.20 Å². The van der Waals surface area contributed by atoms with E-state index in [1.165, 1.54) is 0 Å². The molecule has 0 saturated carbocycles. The maximum Gasteiger partial charge on any atom is 0.319 e. The van der Waals surface area contributed by atoms with Crippen LogP contribution in [0.4, 0.5) is 5.69 Å². The van der Waals surface area contributed by atoms with Crippen LogP contribution in [0.5, 0.6) is 0 Å². The lowest BCUT2D eigenvalue weighted by molar-refractivity contribution is -0.385. The molecule has 1 atom stereocenters. The van der Waals surface area contributed by atoms with Crippen LogP contribution in [0.3, 0.4) is 0 Å². The van der Waals surface area contributed by atoms with Crippen molar-refractivity contribution in [1.82, 2.24) is 15.5 Å². The van der Waals surface area contributed by atoms with Crippen molar-refractivity contribution in [3.05, 3.63) is 22.0 Å². The number of nitrogens with one attached hydrogen (secondary N) is 2. The van der Waals surface area contributed by atoms with Gasteiger partial charge in [-0.2, -0.15) is 10.4 Å². The van der Waals surface area contributed by atoms with Gasteiger partial charge in [0.15, 0.2) is 0 Å². The average molecular weight is 237 g/mol. The predicted molar refractivity (Wildman–Crippen MR) is 57.0 cm³/mol. The highest BCUT2D eigenvalue weighted by atomic mass is 16.6. The minimum atomic E-state index is -0.691.